The number of amides is 1. The van der Waals surface area contributed by atoms with Gasteiger partial charge in [0.1, 0.15) is 23.9 Å². The lowest BCUT2D eigenvalue weighted by atomic mass is 10.1. The van der Waals surface area contributed by atoms with Crippen LogP contribution in [-0.4, -0.2) is 18.1 Å². The summed E-state index contributed by atoms with van der Waals surface area (Å²) in [6.45, 7) is -0.174. The number of hydrogen-bond donors (Lipinski definition) is 2. The highest BCUT2D eigenvalue weighted by molar-refractivity contribution is 6.34. The number of carbonyl (C=O) groups excluding carboxylic acids is 1. The molecule has 0 unspecified atom stereocenters. The number of carbonyl (C=O) groups is 1. The van der Waals surface area contributed by atoms with E-state index in [9.17, 15) is 4.79 Å². The van der Waals surface area contributed by atoms with Gasteiger partial charge in [0.2, 0.25) is 0 Å². The summed E-state index contributed by atoms with van der Waals surface area (Å²) in [5, 5.41) is 12.3. The Labute approximate surface area is 149 Å². The maximum Gasteiger partial charge on any atom is 0.255 e. The SMILES string of the molecule is COc1cccc(C(=O)Nc2cc(-c3ccc(CO)o3)ccc2Cl)c1. The van der Waals surface area contributed by atoms with Crippen LogP contribution in [0.2, 0.25) is 5.02 Å². The van der Waals surface area contributed by atoms with E-state index in [1.54, 1.807) is 61.7 Å². The molecule has 1 aromatic heterocycles. The summed E-state index contributed by atoms with van der Waals surface area (Å²) in [6, 6.07) is 15.5. The normalized spacial score (nSPS) is 10.5. The van der Waals surface area contributed by atoms with E-state index in [0.717, 1.165) is 5.56 Å². The zero-order chi connectivity index (χ0) is 17.8. The van der Waals surface area contributed by atoms with E-state index in [1.807, 2.05) is 0 Å². The van der Waals surface area contributed by atoms with Crippen LogP contribution in [0.15, 0.2) is 59.0 Å². The molecule has 1 heterocycles. The van der Waals surface area contributed by atoms with Gasteiger partial charge in [-0.15, -0.1) is 0 Å². The number of benzene rings is 2. The molecule has 0 fully saturated rings. The molecule has 0 saturated carbocycles. The fourth-order valence-corrected chi connectivity index (χ4v) is 2.52. The van der Waals surface area contributed by atoms with Gasteiger partial charge in [-0.25, -0.2) is 0 Å². The van der Waals surface area contributed by atoms with E-state index in [-0.39, 0.29) is 12.5 Å². The number of ether oxygens (including phenoxy) is 1. The summed E-state index contributed by atoms with van der Waals surface area (Å²) in [5.74, 6) is 1.34. The molecule has 0 atom stereocenters. The van der Waals surface area contributed by atoms with Crippen LogP contribution in [0.3, 0.4) is 0 Å². The first-order valence-corrected chi connectivity index (χ1v) is 7.93. The van der Waals surface area contributed by atoms with Crippen molar-refractivity contribution in [1.29, 1.82) is 0 Å². The zero-order valence-electron chi connectivity index (χ0n) is 13.5. The van der Waals surface area contributed by atoms with Gasteiger partial charge < -0.3 is 19.6 Å². The third-order valence-corrected chi connectivity index (χ3v) is 3.98. The molecule has 128 valence electrons. The van der Waals surface area contributed by atoms with Crippen molar-refractivity contribution in [3.05, 3.63) is 70.9 Å². The second-order valence-corrected chi connectivity index (χ2v) is 5.71. The molecule has 1 amide bonds. The van der Waals surface area contributed by atoms with Crippen molar-refractivity contribution >= 4 is 23.2 Å². The number of aliphatic hydroxyl groups is 1. The predicted octanol–water partition coefficient (Wildman–Crippen LogP) is 4.35. The monoisotopic (exact) mass is 357 g/mol. The molecular formula is C19H16ClNO4. The van der Waals surface area contributed by atoms with Crippen molar-refractivity contribution < 1.29 is 19.1 Å². The quantitative estimate of drug-likeness (QED) is 0.712. The first-order chi connectivity index (χ1) is 12.1. The van der Waals surface area contributed by atoms with Gasteiger partial charge in [0.15, 0.2) is 0 Å². The Balaban J connectivity index is 1.86. The highest BCUT2D eigenvalue weighted by atomic mass is 35.5. The van der Waals surface area contributed by atoms with Gasteiger partial charge in [0.25, 0.3) is 5.91 Å². The van der Waals surface area contributed by atoms with E-state index < -0.39 is 0 Å². The molecule has 2 N–H and O–H groups in total. The number of furan rings is 1. The largest absolute Gasteiger partial charge is 0.497 e. The molecule has 2 aromatic carbocycles. The molecule has 25 heavy (non-hydrogen) atoms. The Hall–Kier alpha value is -2.76. The van der Waals surface area contributed by atoms with E-state index in [0.29, 0.717) is 33.5 Å². The van der Waals surface area contributed by atoms with Gasteiger partial charge in [-0.05, 0) is 48.5 Å². The summed E-state index contributed by atoms with van der Waals surface area (Å²) >= 11 is 6.20. The summed E-state index contributed by atoms with van der Waals surface area (Å²) < 4.78 is 10.6. The van der Waals surface area contributed by atoms with Gasteiger partial charge in [-0.1, -0.05) is 17.7 Å². The Morgan fingerprint density at radius 1 is 1.20 bits per heavy atom. The summed E-state index contributed by atoms with van der Waals surface area (Å²) in [6.07, 6.45) is 0. The van der Waals surface area contributed by atoms with Crippen molar-refractivity contribution in [2.75, 3.05) is 12.4 Å². The molecule has 0 bridgehead atoms. The fourth-order valence-electron chi connectivity index (χ4n) is 2.35. The topological polar surface area (TPSA) is 71.7 Å². The van der Waals surface area contributed by atoms with E-state index in [2.05, 4.69) is 5.32 Å². The van der Waals surface area contributed by atoms with E-state index in [4.69, 9.17) is 25.9 Å². The van der Waals surface area contributed by atoms with Crippen LogP contribution in [-0.2, 0) is 6.61 Å². The van der Waals surface area contributed by atoms with Crippen LogP contribution < -0.4 is 10.1 Å². The fraction of sp³-hybridized carbons (Fsp3) is 0.105. The summed E-state index contributed by atoms with van der Waals surface area (Å²) in [5.41, 5.74) is 1.67. The number of nitrogens with one attached hydrogen (secondary N) is 1. The third kappa shape index (κ3) is 3.84. The van der Waals surface area contributed by atoms with Crippen molar-refractivity contribution in [2.24, 2.45) is 0 Å². The highest BCUT2D eigenvalue weighted by Crippen LogP contribution is 2.30. The van der Waals surface area contributed by atoms with Crippen LogP contribution in [0.4, 0.5) is 5.69 Å². The van der Waals surface area contributed by atoms with E-state index >= 15 is 0 Å². The van der Waals surface area contributed by atoms with E-state index in [1.165, 1.54) is 0 Å². The minimum absolute atomic E-state index is 0.174. The molecule has 0 spiro atoms. The second kappa shape index (κ2) is 7.42. The van der Waals surface area contributed by atoms with Crippen LogP contribution in [0.25, 0.3) is 11.3 Å². The van der Waals surface area contributed by atoms with Crippen molar-refractivity contribution in [1.82, 2.24) is 0 Å². The van der Waals surface area contributed by atoms with Crippen LogP contribution in [0.1, 0.15) is 16.1 Å². The highest BCUT2D eigenvalue weighted by Gasteiger charge is 2.12. The average molecular weight is 358 g/mol. The lowest BCUT2D eigenvalue weighted by Crippen LogP contribution is -2.12. The first kappa shape index (κ1) is 17.1. The Kier molecular flexibility index (Phi) is 5.07. The third-order valence-electron chi connectivity index (χ3n) is 3.65. The lowest BCUT2D eigenvalue weighted by molar-refractivity contribution is 0.102. The van der Waals surface area contributed by atoms with Crippen molar-refractivity contribution in [2.45, 2.75) is 6.61 Å². The molecular weight excluding hydrogens is 342 g/mol. The van der Waals surface area contributed by atoms with Crippen LogP contribution in [0, 0.1) is 0 Å². The van der Waals surface area contributed by atoms with Gasteiger partial charge in [-0.3, -0.25) is 4.79 Å². The zero-order valence-corrected chi connectivity index (χ0v) is 14.2. The number of rotatable bonds is 5. The molecule has 6 heteroatoms. The lowest BCUT2D eigenvalue weighted by Gasteiger charge is -2.10. The van der Waals surface area contributed by atoms with Gasteiger partial charge >= 0.3 is 0 Å². The van der Waals surface area contributed by atoms with Crippen LogP contribution >= 0.6 is 11.6 Å². The molecule has 0 aliphatic rings. The van der Waals surface area contributed by atoms with Crippen molar-refractivity contribution in [3.8, 4) is 17.1 Å². The van der Waals surface area contributed by atoms with Crippen LogP contribution in [0.5, 0.6) is 5.75 Å². The molecule has 0 aliphatic heterocycles. The Morgan fingerprint density at radius 3 is 2.76 bits per heavy atom. The van der Waals surface area contributed by atoms with Gasteiger partial charge in [0, 0.05) is 11.1 Å². The minimum atomic E-state index is -0.298. The molecule has 3 rings (SSSR count). The number of aliphatic hydroxyl groups excluding tert-OH is 1. The molecule has 0 aliphatic carbocycles. The average Bonchev–Trinajstić information content (AvgIpc) is 3.12. The molecule has 0 radical (unpaired) electrons. The summed E-state index contributed by atoms with van der Waals surface area (Å²) in [4.78, 5) is 12.5. The number of halogens is 1. The smallest absolute Gasteiger partial charge is 0.255 e. The molecule has 5 nitrogen and oxygen atoms in total. The Morgan fingerprint density at radius 2 is 2.04 bits per heavy atom. The number of anilines is 1. The van der Waals surface area contributed by atoms with Crippen molar-refractivity contribution in [3.63, 3.8) is 0 Å². The molecule has 0 saturated heterocycles. The Bertz CT molecular complexity index is 904. The first-order valence-electron chi connectivity index (χ1n) is 7.55. The van der Waals surface area contributed by atoms with Gasteiger partial charge in [0.05, 0.1) is 17.8 Å². The standard InChI is InChI=1S/C19H16ClNO4/c1-24-14-4-2-3-13(9-14)19(23)21-17-10-12(5-7-16(17)20)18-8-6-15(11-22)25-18/h2-10,22H,11H2,1H3,(H,21,23). The maximum absolute atomic E-state index is 12.5. The number of hydrogen-bond acceptors (Lipinski definition) is 4. The van der Waals surface area contributed by atoms with Gasteiger partial charge in [-0.2, -0.15) is 0 Å². The predicted molar refractivity (Wildman–Crippen MR) is 96.0 cm³/mol. The number of methoxy groups -OCH3 is 1. The molecule has 3 aromatic rings. The summed E-state index contributed by atoms with van der Waals surface area (Å²) in [7, 11) is 1.54. The maximum atomic E-state index is 12.5. The minimum Gasteiger partial charge on any atom is -0.497 e. The second-order valence-electron chi connectivity index (χ2n) is 5.30.